The number of rotatable bonds is 7. The van der Waals surface area contributed by atoms with Gasteiger partial charge in [0.1, 0.15) is 0 Å². The average Bonchev–Trinajstić information content (AvgIpc) is 2.13. The minimum absolute atomic E-state index is 0.548. The Balaban J connectivity index is 6.03. The predicted octanol–water partition coefficient (Wildman–Crippen LogP) is 4.80. The van der Waals surface area contributed by atoms with Crippen molar-refractivity contribution in [1.29, 1.82) is 0 Å². The summed E-state index contributed by atoms with van der Waals surface area (Å²) in [7, 11) is -1.35. The maximum atomic E-state index is 5.62. The van der Waals surface area contributed by atoms with Crippen LogP contribution in [0.4, 0.5) is 0 Å². The Bertz CT molecular complexity index is 271. The van der Waals surface area contributed by atoms with Gasteiger partial charge in [-0.25, -0.2) is 12.7 Å². The molecule has 0 spiro atoms. The molecule has 0 aromatic rings. The zero-order valence-corrected chi connectivity index (χ0v) is 18.7. The third kappa shape index (κ3) is 3.75. The normalized spacial score (nSPS) is 14.4. The number of hydrogen-bond acceptors (Lipinski definition) is 1. The van der Waals surface area contributed by atoms with E-state index in [1.54, 1.807) is 7.11 Å². The first-order valence-electron chi connectivity index (χ1n) is 7.06. The minimum atomic E-state index is -1.32. The van der Waals surface area contributed by atoms with Gasteiger partial charge >= 0.3 is 0 Å². The van der Waals surface area contributed by atoms with E-state index in [4.69, 9.17) is 4.74 Å². The summed E-state index contributed by atoms with van der Waals surface area (Å²) in [4.78, 5) is 0. The van der Waals surface area contributed by atoms with E-state index in [2.05, 4.69) is 65.5 Å². The Hall–Kier alpha value is 0.438. The summed E-state index contributed by atoms with van der Waals surface area (Å²) in [6, 6.07) is 0. The molecule has 0 fully saturated rings. The van der Waals surface area contributed by atoms with Gasteiger partial charge in [0.2, 0.25) is 0 Å². The summed E-state index contributed by atoms with van der Waals surface area (Å²) < 4.78 is 6.17. The first-order chi connectivity index (χ1) is 8.24. The zero-order chi connectivity index (χ0) is 15.7. The predicted molar refractivity (Wildman–Crippen MR) is 98.9 cm³/mol. The molecule has 1 nitrogen and oxygen atoms in total. The van der Waals surface area contributed by atoms with E-state index in [9.17, 15) is 0 Å². The van der Waals surface area contributed by atoms with Gasteiger partial charge in [-0.1, -0.05) is 62.8 Å². The maximum Gasteiger partial charge on any atom is 0.0411 e. The summed E-state index contributed by atoms with van der Waals surface area (Å²) in [5.74, 6) is 0. The fourth-order valence-corrected chi connectivity index (χ4v) is 37.5. The first kappa shape index (κ1) is 19.4. The van der Waals surface area contributed by atoms with Crippen LogP contribution in [0.1, 0.15) is 0 Å². The Kier molecular flexibility index (Phi) is 6.19. The summed E-state index contributed by atoms with van der Waals surface area (Å²) in [6.07, 6.45) is 1.94. The second-order valence-electron chi connectivity index (χ2n) is 8.40. The van der Waals surface area contributed by atoms with Crippen molar-refractivity contribution in [2.75, 3.05) is 7.11 Å². The SMILES string of the molecule is C=C[C-](OC)[Si]C([Si](C)(C)C)([Si](C)(C)C)[Si](C)(C)C. The van der Waals surface area contributed by atoms with Crippen molar-refractivity contribution < 1.29 is 4.74 Å². The zero-order valence-electron chi connectivity index (χ0n) is 14.7. The highest BCUT2D eigenvalue weighted by Crippen LogP contribution is 2.53. The standard InChI is InChI=1S/C14H33OSi4/c1-12-13(15-2)16-14(17(3,4)5,18(6,7)8)19(9,10)11/h12H,1H2,2-11H3/q-1. The van der Waals surface area contributed by atoms with Crippen molar-refractivity contribution in [3.8, 4) is 0 Å². The lowest BCUT2D eigenvalue weighted by atomic mass is 10.7. The van der Waals surface area contributed by atoms with Crippen LogP contribution in [0.15, 0.2) is 12.7 Å². The van der Waals surface area contributed by atoms with Crippen LogP contribution in [0.5, 0.6) is 0 Å². The lowest BCUT2D eigenvalue weighted by Gasteiger charge is -2.61. The third-order valence-electron chi connectivity index (χ3n) is 4.09. The van der Waals surface area contributed by atoms with Crippen LogP contribution in [0.3, 0.4) is 0 Å². The van der Waals surface area contributed by atoms with Crippen molar-refractivity contribution in [3.05, 3.63) is 18.4 Å². The molecule has 0 aliphatic carbocycles. The summed E-state index contributed by atoms with van der Waals surface area (Å²) in [5, 5.41) is 0. The van der Waals surface area contributed by atoms with E-state index in [1.165, 1.54) is 0 Å². The summed E-state index contributed by atoms with van der Waals surface area (Å²) in [5.41, 5.74) is 1.12. The van der Waals surface area contributed by atoms with Gasteiger partial charge in [0, 0.05) is 31.3 Å². The van der Waals surface area contributed by atoms with Crippen molar-refractivity contribution >= 4 is 33.7 Å². The van der Waals surface area contributed by atoms with Crippen LogP contribution >= 0.6 is 0 Å². The first-order valence-corrected chi connectivity index (χ1v) is 18.6. The highest BCUT2D eigenvalue weighted by atomic mass is 28.5. The molecule has 0 aromatic carbocycles. The molecule has 0 bridgehead atoms. The van der Waals surface area contributed by atoms with E-state index in [0.29, 0.717) is 3.91 Å². The van der Waals surface area contributed by atoms with Gasteiger partial charge < -0.3 is 4.74 Å². The maximum absolute atomic E-state index is 5.62. The fraction of sp³-hybridized carbons (Fsp3) is 0.786. The largest absolute Gasteiger partial charge is 0.445 e. The Morgan fingerprint density at radius 2 is 1.21 bits per heavy atom. The highest BCUT2D eigenvalue weighted by Gasteiger charge is 2.58. The molecule has 0 heterocycles. The number of hydrogen-bond donors (Lipinski definition) is 0. The average molecular weight is 330 g/mol. The smallest absolute Gasteiger partial charge is 0.0411 e. The highest BCUT2D eigenvalue weighted by molar-refractivity contribution is 7.23. The molecule has 0 N–H and O–H groups in total. The molecular formula is C14H33OSi4-. The molecule has 0 rings (SSSR count). The molecule has 2 radical (unpaired) electrons. The van der Waals surface area contributed by atoms with Crippen molar-refractivity contribution in [1.82, 2.24) is 0 Å². The second-order valence-corrected chi connectivity index (χ2v) is 28.6. The van der Waals surface area contributed by atoms with E-state index in [-0.39, 0.29) is 0 Å². The lowest BCUT2D eigenvalue weighted by molar-refractivity contribution is 0.273. The van der Waals surface area contributed by atoms with E-state index < -0.39 is 24.2 Å². The van der Waals surface area contributed by atoms with E-state index in [0.717, 1.165) is 15.2 Å². The van der Waals surface area contributed by atoms with Gasteiger partial charge in [-0.2, -0.15) is 0 Å². The molecule has 0 aromatic heterocycles. The molecule has 0 amide bonds. The Morgan fingerprint density at radius 1 is 0.895 bits per heavy atom. The van der Waals surface area contributed by atoms with Gasteiger partial charge in [-0.05, 0) is 9.52 Å². The van der Waals surface area contributed by atoms with Gasteiger partial charge in [-0.3, -0.25) is 0 Å². The van der Waals surface area contributed by atoms with Gasteiger partial charge in [0.05, 0.1) is 0 Å². The number of ether oxygens (including phenoxy) is 1. The van der Waals surface area contributed by atoms with Crippen LogP contribution in [0.25, 0.3) is 0 Å². The van der Waals surface area contributed by atoms with Gasteiger partial charge in [0.15, 0.2) is 0 Å². The summed E-state index contributed by atoms with van der Waals surface area (Å²) in [6.45, 7) is 27.0. The third-order valence-corrected chi connectivity index (χ3v) is 33.2. The topological polar surface area (TPSA) is 9.23 Å². The van der Waals surface area contributed by atoms with Crippen LogP contribution in [-0.2, 0) is 4.74 Å². The second kappa shape index (κ2) is 6.05. The monoisotopic (exact) mass is 329 g/mol. The van der Waals surface area contributed by atoms with Crippen LogP contribution in [0, 0.1) is 5.73 Å². The molecule has 0 atom stereocenters. The molecule has 0 saturated heterocycles. The molecule has 112 valence electrons. The van der Waals surface area contributed by atoms with Crippen LogP contribution in [-0.4, -0.2) is 40.9 Å². The van der Waals surface area contributed by atoms with E-state index >= 15 is 0 Å². The molecule has 0 aliphatic rings. The van der Waals surface area contributed by atoms with Crippen LogP contribution < -0.4 is 0 Å². The Morgan fingerprint density at radius 3 is 1.37 bits per heavy atom. The molecular weight excluding hydrogens is 296 g/mol. The quantitative estimate of drug-likeness (QED) is 0.481. The van der Waals surface area contributed by atoms with Crippen molar-refractivity contribution in [3.63, 3.8) is 0 Å². The van der Waals surface area contributed by atoms with E-state index in [1.807, 2.05) is 6.08 Å². The van der Waals surface area contributed by atoms with Crippen LogP contribution in [0.2, 0.25) is 62.8 Å². The molecule has 5 heteroatoms. The Labute approximate surface area is 127 Å². The van der Waals surface area contributed by atoms with Crippen molar-refractivity contribution in [2.24, 2.45) is 0 Å². The number of methoxy groups -OCH3 is 1. The van der Waals surface area contributed by atoms with Crippen molar-refractivity contribution in [2.45, 2.75) is 62.8 Å². The molecule has 0 aliphatic heterocycles. The fourth-order valence-electron chi connectivity index (χ4n) is 4.31. The minimum Gasteiger partial charge on any atom is -0.445 e. The molecule has 0 unspecified atom stereocenters. The van der Waals surface area contributed by atoms with Gasteiger partial charge in [0.25, 0.3) is 0 Å². The molecule has 0 saturated carbocycles. The lowest BCUT2D eigenvalue weighted by Crippen LogP contribution is -2.69. The molecule has 19 heavy (non-hydrogen) atoms. The van der Waals surface area contributed by atoms with Gasteiger partial charge in [-0.15, -0.1) is 5.73 Å². The summed E-state index contributed by atoms with van der Waals surface area (Å²) >= 11 is 0.